The van der Waals surface area contributed by atoms with Crippen LogP contribution in [0.3, 0.4) is 0 Å². The Morgan fingerprint density at radius 2 is 1.00 bits per heavy atom. The van der Waals surface area contributed by atoms with Crippen LogP contribution in [0.5, 0.6) is 0 Å². The Hall–Kier alpha value is -0.160. The molecule has 0 spiro atoms. The molecule has 76 valence electrons. The van der Waals surface area contributed by atoms with Crippen LogP contribution in [-0.4, -0.2) is 39.4 Å². The van der Waals surface area contributed by atoms with E-state index in [1.54, 1.807) is 13.8 Å². The van der Waals surface area contributed by atoms with Crippen molar-refractivity contribution in [3.8, 4) is 0 Å². The van der Waals surface area contributed by atoms with Crippen LogP contribution in [0, 0.1) is 5.41 Å². The quantitative estimate of drug-likeness (QED) is 0.440. The van der Waals surface area contributed by atoms with E-state index in [-0.39, 0.29) is 18.6 Å². The normalized spacial score (nSPS) is 12.0. The molecule has 0 aliphatic heterocycles. The smallest absolute Gasteiger partial charge is 0.156 e. The zero-order valence-corrected chi connectivity index (χ0v) is 8.20. The van der Waals surface area contributed by atoms with Crippen molar-refractivity contribution in [2.75, 3.05) is 13.2 Å². The summed E-state index contributed by atoms with van der Waals surface area (Å²) >= 11 is 0. The lowest BCUT2D eigenvalue weighted by molar-refractivity contribution is -0.127. The lowest BCUT2D eigenvalue weighted by Crippen LogP contribution is -2.20. The Morgan fingerprint density at radius 3 is 1.00 bits per heavy atom. The van der Waals surface area contributed by atoms with E-state index in [2.05, 4.69) is 0 Å². The monoisotopic (exact) mass is 180 g/mol. The molecule has 0 heterocycles. The highest BCUT2D eigenvalue weighted by Crippen LogP contribution is 2.10. The fraction of sp³-hybridized carbons (Fsp3) is 1.00. The molecule has 4 heteroatoms. The summed E-state index contributed by atoms with van der Waals surface area (Å²) in [6.07, 6.45) is 0. The largest absolute Gasteiger partial charge is 0.396 e. The number of aliphatic hydroxyl groups excluding tert-OH is 2. The summed E-state index contributed by atoms with van der Waals surface area (Å²) in [7, 11) is 0. The fourth-order valence-electron chi connectivity index (χ4n) is 0.0500. The highest BCUT2D eigenvalue weighted by Gasteiger charge is 2.13. The van der Waals surface area contributed by atoms with Crippen LogP contribution >= 0.6 is 0 Å². The van der Waals surface area contributed by atoms with Gasteiger partial charge in [-0.2, -0.15) is 0 Å². The van der Waals surface area contributed by atoms with E-state index >= 15 is 0 Å². The third kappa shape index (κ3) is 22.5. The average Bonchev–Trinajstić information content (AvgIpc) is 1.85. The first kappa shape index (κ1) is 14.4. The molecule has 0 amide bonds. The first-order valence-corrected chi connectivity index (χ1v) is 3.79. The van der Waals surface area contributed by atoms with Crippen LogP contribution in [-0.2, 0) is 0 Å². The molecule has 4 nitrogen and oxygen atoms in total. The van der Waals surface area contributed by atoms with E-state index in [4.69, 9.17) is 20.4 Å². The van der Waals surface area contributed by atoms with Gasteiger partial charge in [0.1, 0.15) is 0 Å². The molecule has 0 aromatic carbocycles. The van der Waals surface area contributed by atoms with Crippen molar-refractivity contribution in [1.29, 1.82) is 0 Å². The number of aliphatic hydroxyl groups is 4. The summed E-state index contributed by atoms with van der Waals surface area (Å²) in [5.74, 6) is -1.50. The molecule has 0 fully saturated rings. The Morgan fingerprint density at radius 1 is 0.833 bits per heavy atom. The summed E-state index contributed by atoms with van der Waals surface area (Å²) in [5.41, 5.74) is -0.306. The predicted molar refractivity (Wildman–Crippen MR) is 46.5 cm³/mol. The maximum absolute atomic E-state index is 8.43. The third-order valence-corrected chi connectivity index (χ3v) is 0.856. The van der Waals surface area contributed by atoms with Crippen molar-refractivity contribution in [3.63, 3.8) is 0 Å². The van der Waals surface area contributed by atoms with Crippen molar-refractivity contribution < 1.29 is 20.4 Å². The Bertz CT molecular complexity index is 92.1. The first-order chi connectivity index (χ1) is 5.12. The lowest BCUT2D eigenvalue weighted by atomic mass is 9.97. The van der Waals surface area contributed by atoms with Gasteiger partial charge in [-0.15, -0.1) is 0 Å². The molecule has 0 radical (unpaired) electrons. The van der Waals surface area contributed by atoms with Crippen molar-refractivity contribution in [1.82, 2.24) is 0 Å². The van der Waals surface area contributed by atoms with Gasteiger partial charge in [-0.25, -0.2) is 0 Å². The van der Waals surface area contributed by atoms with Gasteiger partial charge in [0.05, 0.1) is 13.2 Å². The number of hydrogen-bond donors (Lipinski definition) is 4. The third-order valence-electron chi connectivity index (χ3n) is 0.856. The maximum Gasteiger partial charge on any atom is 0.156 e. The first-order valence-electron chi connectivity index (χ1n) is 3.79. The standard InChI is InChI=1S/C5H12O2.C3H8O2/c1-5(2,3-6)4-7;1-3(2,4)5/h6-7H,3-4H2,1-2H3;4-5H,1-2H3. The molecule has 0 rings (SSSR count). The highest BCUT2D eigenvalue weighted by atomic mass is 16.5. The lowest BCUT2D eigenvalue weighted by Gasteiger charge is -2.16. The summed E-state index contributed by atoms with van der Waals surface area (Å²) < 4.78 is 0. The molecule has 12 heavy (non-hydrogen) atoms. The minimum absolute atomic E-state index is 0.0451. The van der Waals surface area contributed by atoms with Gasteiger partial charge in [-0.1, -0.05) is 13.8 Å². The second-order valence-corrected chi connectivity index (χ2v) is 3.97. The summed E-state index contributed by atoms with van der Waals surface area (Å²) in [6.45, 7) is 6.28. The molecule has 0 atom stereocenters. The minimum Gasteiger partial charge on any atom is -0.396 e. The molecule has 0 aliphatic rings. The van der Waals surface area contributed by atoms with E-state index in [9.17, 15) is 0 Å². The molecular weight excluding hydrogens is 160 g/mol. The SMILES string of the molecule is CC(C)(CO)CO.CC(C)(O)O. The van der Waals surface area contributed by atoms with E-state index in [1.807, 2.05) is 0 Å². The second-order valence-electron chi connectivity index (χ2n) is 3.97. The molecular formula is C8H20O4. The van der Waals surface area contributed by atoms with E-state index in [0.717, 1.165) is 0 Å². The molecule has 0 aromatic rings. The topological polar surface area (TPSA) is 80.9 Å². The van der Waals surface area contributed by atoms with E-state index < -0.39 is 5.79 Å². The van der Waals surface area contributed by atoms with Gasteiger partial charge in [-0.05, 0) is 13.8 Å². The van der Waals surface area contributed by atoms with Crippen LogP contribution in [0.2, 0.25) is 0 Å². The Kier molecular flexibility index (Phi) is 6.56. The zero-order chi connectivity index (χ0) is 10.4. The minimum atomic E-state index is -1.50. The van der Waals surface area contributed by atoms with Crippen molar-refractivity contribution >= 4 is 0 Å². The molecule has 0 saturated heterocycles. The summed E-state index contributed by atoms with van der Waals surface area (Å²) in [4.78, 5) is 0. The maximum atomic E-state index is 8.43. The molecule has 0 aliphatic carbocycles. The second kappa shape index (κ2) is 5.48. The van der Waals surface area contributed by atoms with Gasteiger partial charge in [0.2, 0.25) is 0 Å². The van der Waals surface area contributed by atoms with Crippen LogP contribution in [0.4, 0.5) is 0 Å². The predicted octanol–water partition coefficient (Wildman–Crippen LogP) is -0.296. The van der Waals surface area contributed by atoms with Gasteiger partial charge < -0.3 is 20.4 Å². The van der Waals surface area contributed by atoms with Crippen LogP contribution in [0.15, 0.2) is 0 Å². The number of hydrogen-bond acceptors (Lipinski definition) is 4. The molecule has 0 bridgehead atoms. The molecule has 0 unspecified atom stereocenters. The Balaban J connectivity index is 0. The average molecular weight is 180 g/mol. The Labute approximate surface area is 73.5 Å². The van der Waals surface area contributed by atoms with Gasteiger partial charge in [0.15, 0.2) is 5.79 Å². The number of rotatable bonds is 2. The van der Waals surface area contributed by atoms with E-state index in [0.29, 0.717) is 0 Å². The van der Waals surface area contributed by atoms with Gasteiger partial charge in [-0.3, -0.25) is 0 Å². The van der Waals surface area contributed by atoms with Gasteiger partial charge >= 0.3 is 0 Å². The van der Waals surface area contributed by atoms with Crippen LogP contribution in [0.1, 0.15) is 27.7 Å². The molecule has 4 N–H and O–H groups in total. The van der Waals surface area contributed by atoms with Crippen LogP contribution in [0.25, 0.3) is 0 Å². The highest BCUT2D eigenvalue weighted by molar-refractivity contribution is 4.62. The summed E-state index contributed by atoms with van der Waals surface area (Å²) in [5, 5.41) is 33.0. The fourth-order valence-corrected chi connectivity index (χ4v) is 0.0500. The molecule has 0 saturated carbocycles. The van der Waals surface area contributed by atoms with Gasteiger partial charge in [0, 0.05) is 5.41 Å². The summed E-state index contributed by atoms with van der Waals surface area (Å²) in [6, 6.07) is 0. The van der Waals surface area contributed by atoms with Crippen LogP contribution < -0.4 is 0 Å². The van der Waals surface area contributed by atoms with Crippen molar-refractivity contribution in [3.05, 3.63) is 0 Å². The zero-order valence-electron chi connectivity index (χ0n) is 8.20. The molecule has 0 aromatic heterocycles. The van der Waals surface area contributed by atoms with Crippen molar-refractivity contribution in [2.24, 2.45) is 5.41 Å². The van der Waals surface area contributed by atoms with E-state index in [1.165, 1.54) is 13.8 Å². The van der Waals surface area contributed by atoms with Gasteiger partial charge in [0.25, 0.3) is 0 Å². The van der Waals surface area contributed by atoms with Crippen molar-refractivity contribution in [2.45, 2.75) is 33.5 Å².